The fourth-order valence-corrected chi connectivity index (χ4v) is 2.02. The van der Waals surface area contributed by atoms with Crippen molar-refractivity contribution in [2.75, 3.05) is 6.61 Å². The van der Waals surface area contributed by atoms with E-state index in [0.29, 0.717) is 29.3 Å². The topological polar surface area (TPSA) is 56.5 Å². The third-order valence-corrected chi connectivity index (χ3v) is 2.76. The van der Waals surface area contributed by atoms with Crippen LogP contribution >= 0.6 is 11.6 Å². The van der Waals surface area contributed by atoms with Crippen LogP contribution in [0.4, 0.5) is 0 Å². The summed E-state index contributed by atoms with van der Waals surface area (Å²) in [6.45, 7) is 4.06. The zero-order valence-electron chi connectivity index (χ0n) is 9.61. The lowest BCUT2D eigenvalue weighted by Crippen LogP contribution is -2.05. The Morgan fingerprint density at radius 3 is 2.94 bits per heavy atom. The number of hydrogen-bond acceptors (Lipinski definition) is 4. The van der Waals surface area contributed by atoms with E-state index in [9.17, 15) is 4.79 Å². The molecular formula is C11H12ClN3O2. The third-order valence-electron chi connectivity index (χ3n) is 2.48. The van der Waals surface area contributed by atoms with Gasteiger partial charge in [0.15, 0.2) is 5.15 Å². The predicted molar refractivity (Wildman–Crippen MR) is 63.3 cm³/mol. The van der Waals surface area contributed by atoms with E-state index < -0.39 is 0 Å². The molecular weight excluding hydrogens is 242 g/mol. The van der Waals surface area contributed by atoms with Gasteiger partial charge in [-0.15, -0.1) is 0 Å². The molecule has 0 aliphatic heterocycles. The Labute approximate surface area is 103 Å². The highest BCUT2D eigenvalue weighted by molar-refractivity contribution is 6.32. The van der Waals surface area contributed by atoms with Crippen molar-refractivity contribution in [3.8, 4) is 0 Å². The van der Waals surface area contributed by atoms with Crippen molar-refractivity contribution in [1.29, 1.82) is 0 Å². The summed E-state index contributed by atoms with van der Waals surface area (Å²) >= 11 is 6.01. The Kier molecular flexibility index (Phi) is 3.28. The first kappa shape index (κ1) is 11.9. The Morgan fingerprint density at radius 1 is 1.53 bits per heavy atom. The minimum atomic E-state index is -0.356. The number of esters is 1. The summed E-state index contributed by atoms with van der Waals surface area (Å²) in [7, 11) is 0. The average Bonchev–Trinajstić information content (AvgIpc) is 2.69. The van der Waals surface area contributed by atoms with E-state index in [-0.39, 0.29) is 5.97 Å². The monoisotopic (exact) mass is 253 g/mol. The first-order valence-electron chi connectivity index (χ1n) is 5.36. The predicted octanol–water partition coefficient (Wildman–Crippen LogP) is 2.12. The van der Waals surface area contributed by atoms with Gasteiger partial charge in [-0.2, -0.15) is 5.10 Å². The van der Waals surface area contributed by atoms with Crippen molar-refractivity contribution < 1.29 is 9.53 Å². The van der Waals surface area contributed by atoms with Crippen molar-refractivity contribution in [3.05, 3.63) is 28.8 Å². The van der Waals surface area contributed by atoms with Gasteiger partial charge in [0.2, 0.25) is 0 Å². The quantitative estimate of drug-likeness (QED) is 0.787. The third kappa shape index (κ3) is 1.98. The normalized spacial score (nSPS) is 10.8. The summed E-state index contributed by atoms with van der Waals surface area (Å²) in [6.07, 6.45) is 3.64. The van der Waals surface area contributed by atoms with Gasteiger partial charge in [0, 0.05) is 6.20 Å². The highest BCUT2D eigenvalue weighted by Gasteiger charge is 2.19. The number of carbonyl (C=O) groups excluding carboxylic acids is 1. The molecule has 0 saturated carbocycles. The molecule has 0 aromatic carbocycles. The van der Waals surface area contributed by atoms with Gasteiger partial charge < -0.3 is 4.74 Å². The molecule has 0 N–H and O–H groups in total. The molecule has 2 aromatic rings. The average molecular weight is 254 g/mol. The number of aromatic nitrogens is 3. The maximum atomic E-state index is 11.8. The van der Waals surface area contributed by atoms with Crippen molar-refractivity contribution in [3.63, 3.8) is 0 Å². The largest absolute Gasteiger partial charge is 0.462 e. The van der Waals surface area contributed by atoms with Crippen molar-refractivity contribution in [1.82, 2.24) is 14.6 Å². The summed E-state index contributed by atoms with van der Waals surface area (Å²) in [5, 5.41) is 4.37. The highest BCUT2D eigenvalue weighted by atomic mass is 35.5. The lowest BCUT2D eigenvalue weighted by molar-refractivity contribution is 0.0525. The van der Waals surface area contributed by atoms with Gasteiger partial charge in [0.05, 0.1) is 12.2 Å². The number of ether oxygens (including phenoxy) is 1. The van der Waals surface area contributed by atoms with Gasteiger partial charge in [-0.25, -0.2) is 14.3 Å². The summed E-state index contributed by atoms with van der Waals surface area (Å²) < 4.78 is 6.55. The minimum Gasteiger partial charge on any atom is -0.462 e. The Balaban J connectivity index is 2.64. The van der Waals surface area contributed by atoms with Gasteiger partial charge >= 0.3 is 5.97 Å². The lowest BCUT2D eigenvalue weighted by Gasteiger charge is -2.01. The van der Waals surface area contributed by atoms with Crippen LogP contribution in [-0.4, -0.2) is 27.2 Å². The second kappa shape index (κ2) is 4.71. The van der Waals surface area contributed by atoms with Crippen LogP contribution in [0.1, 0.15) is 29.8 Å². The smallest absolute Gasteiger partial charge is 0.340 e. The molecule has 0 aliphatic rings. The Morgan fingerprint density at radius 2 is 2.29 bits per heavy atom. The molecule has 2 rings (SSSR count). The molecule has 0 fully saturated rings. The molecule has 0 aliphatic carbocycles. The summed E-state index contributed by atoms with van der Waals surface area (Å²) in [5.41, 5.74) is 1.98. The number of aryl methyl sites for hydroxylation is 1. The molecule has 0 bridgehead atoms. The van der Waals surface area contributed by atoms with Gasteiger partial charge in [-0.1, -0.05) is 18.5 Å². The van der Waals surface area contributed by atoms with Crippen molar-refractivity contribution >= 4 is 23.1 Å². The molecule has 0 saturated heterocycles. The van der Waals surface area contributed by atoms with E-state index in [4.69, 9.17) is 16.3 Å². The maximum absolute atomic E-state index is 11.8. The molecule has 2 heterocycles. The number of hydrogen-bond donors (Lipinski definition) is 0. The summed E-state index contributed by atoms with van der Waals surface area (Å²) in [6, 6.07) is 0. The van der Waals surface area contributed by atoms with Crippen LogP contribution in [0.5, 0.6) is 0 Å². The zero-order valence-corrected chi connectivity index (χ0v) is 10.4. The van der Waals surface area contributed by atoms with Crippen LogP contribution in [0.25, 0.3) is 5.52 Å². The molecule has 90 valence electrons. The van der Waals surface area contributed by atoms with Crippen LogP contribution in [0.3, 0.4) is 0 Å². The molecule has 5 nitrogen and oxygen atoms in total. The fourth-order valence-electron chi connectivity index (χ4n) is 1.78. The number of carbonyl (C=O) groups is 1. The van der Waals surface area contributed by atoms with E-state index in [1.165, 1.54) is 6.33 Å². The van der Waals surface area contributed by atoms with E-state index in [0.717, 1.165) is 5.56 Å². The molecule has 0 atom stereocenters. The lowest BCUT2D eigenvalue weighted by atomic mass is 10.1. The SMILES string of the molecule is CCOC(=O)c1cn2ncnc(Cl)c2c1CC. The molecule has 17 heavy (non-hydrogen) atoms. The highest BCUT2D eigenvalue weighted by Crippen LogP contribution is 2.24. The molecule has 0 amide bonds. The van der Waals surface area contributed by atoms with E-state index in [1.54, 1.807) is 17.6 Å². The zero-order chi connectivity index (χ0) is 12.4. The van der Waals surface area contributed by atoms with Gasteiger partial charge in [0.1, 0.15) is 11.8 Å². The number of rotatable bonds is 3. The Bertz CT molecular complexity index is 565. The van der Waals surface area contributed by atoms with Gasteiger partial charge in [-0.05, 0) is 18.9 Å². The van der Waals surface area contributed by atoms with Crippen LogP contribution in [0, 0.1) is 0 Å². The standard InChI is InChI=1S/C11H12ClN3O2/c1-3-7-8(11(16)17-4-2)5-15-9(7)10(12)13-6-14-15/h5-6H,3-4H2,1-2H3. The second-order valence-electron chi connectivity index (χ2n) is 3.44. The maximum Gasteiger partial charge on any atom is 0.340 e. The van der Waals surface area contributed by atoms with Crippen LogP contribution in [-0.2, 0) is 11.2 Å². The number of fused-ring (bicyclic) bond motifs is 1. The first-order chi connectivity index (χ1) is 8.19. The molecule has 0 unspecified atom stereocenters. The van der Waals surface area contributed by atoms with E-state index >= 15 is 0 Å². The number of nitrogens with zero attached hydrogens (tertiary/aromatic N) is 3. The molecule has 0 radical (unpaired) electrons. The summed E-state index contributed by atoms with van der Waals surface area (Å²) in [4.78, 5) is 15.7. The first-order valence-corrected chi connectivity index (χ1v) is 5.74. The minimum absolute atomic E-state index is 0.340. The molecule has 2 aromatic heterocycles. The van der Waals surface area contributed by atoms with Crippen LogP contribution in [0.2, 0.25) is 5.15 Å². The fraction of sp³-hybridized carbons (Fsp3) is 0.364. The van der Waals surface area contributed by atoms with Gasteiger partial charge in [0.25, 0.3) is 0 Å². The van der Waals surface area contributed by atoms with Crippen molar-refractivity contribution in [2.45, 2.75) is 20.3 Å². The van der Waals surface area contributed by atoms with Crippen molar-refractivity contribution in [2.24, 2.45) is 0 Å². The summed E-state index contributed by atoms with van der Waals surface area (Å²) in [5.74, 6) is -0.356. The molecule has 0 spiro atoms. The van der Waals surface area contributed by atoms with Gasteiger partial charge in [-0.3, -0.25) is 0 Å². The van der Waals surface area contributed by atoms with E-state index in [2.05, 4.69) is 10.1 Å². The number of halogens is 1. The second-order valence-corrected chi connectivity index (χ2v) is 3.80. The van der Waals surface area contributed by atoms with E-state index in [1.807, 2.05) is 6.92 Å². The molecule has 6 heteroatoms. The van der Waals surface area contributed by atoms with Crippen LogP contribution in [0.15, 0.2) is 12.5 Å². The Hall–Kier alpha value is -1.62. The van der Waals surface area contributed by atoms with Crippen LogP contribution < -0.4 is 0 Å².